The zero-order valence-electron chi connectivity index (χ0n) is 40.5. The maximum absolute atomic E-state index is 16.0. The molecule has 2 aromatic heterocycles. The van der Waals surface area contributed by atoms with E-state index in [1.807, 2.05) is 66.1 Å². The molecule has 3 aromatic carbocycles. The van der Waals surface area contributed by atoms with Gasteiger partial charge in [-0.3, -0.25) is 43.9 Å². The average Bonchev–Trinajstić information content (AvgIpc) is 3.77. The van der Waals surface area contributed by atoms with Gasteiger partial charge in [-0.2, -0.15) is 5.10 Å². The maximum Gasteiger partial charge on any atom is 0.275 e. The summed E-state index contributed by atoms with van der Waals surface area (Å²) in [5.74, 6) is -1.62. The van der Waals surface area contributed by atoms with Gasteiger partial charge in [-0.15, -0.1) is 0 Å². The Morgan fingerprint density at radius 1 is 0.914 bits per heavy atom. The number of nitrogens with zero attached hydrogens (tertiary/aromatic N) is 7. The number of hydrogen-bond donors (Lipinski definition) is 1. The number of rotatable bonds is 16. The number of aryl methyl sites for hydroxylation is 1. The molecule has 0 saturated carbocycles. The number of amides is 4. The number of anilines is 1. The summed E-state index contributed by atoms with van der Waals surface area (Å²) in [5.41, 5.74) is 2.43. The van der Waals surface area contributed by atoms with Gasteiger partial charge in [0.1, 0.15) is 27.2 Å². The fraction of sp³-hybridized carbons (Fsp3) is 0.440. The molecule has 0 bridgehead atoms. The molecule has 374 valence electrons. The average molecular weight is 987 g/mol. The fourth-order valence-electron chi connectivity index (χ4n) is 9.51. The lowest BCUT2D eigenvalue weighted by Crippen LogP contribution is -2.61. The van der Waals surface area contributed by atoms with Crippen molar-refractivity contribution in [2.45, 2.75) is 70.5 Å². The van der Waals surface area contributed by atoms with Gasteiger partial charge in [0.2, 0.25) is 12.3 Å². The van der Waals surface area contributed by atoms with Crippen molar-refractivity contribution in [3.8, 4) is 23.0 Å². The van der Waals surface area contributed by atoms with Crippen molar-refractivity contribution in [2.75, 3.05) is 70.4 Å². The first-order valence-electron chi connectivity index (χ1n) is 23.2. The lowest BCUT2D eigenvalue weighted by atomic mass is 9.80. The van der Waals surface area contributed by atoms with Crippen molar-refractivity contribution >= 4 is 50.7 Å². The number of aromatic nitrogens is 3. The van der Waals surface area contributed by atoms with Gasteiger partial charge in [0.05, 0.1) is 60.6 Å². The first-order chi connectivity index (χ1) is 33.3. The summed E-state index contributed by atoms with van der Waals surface area (Å²) < 4.78 is 70.2. The number of carbonyl (C=O) groups excluding carboxylic acids is 4. The van der Waals surface area contributed by atoms with E-state index in [2.05, 4.69) is 15.4 Å². The van der Waals surface area contributed by atoms with Crippen LogP contribution in [-0.4, -0.2) is 139 Å². The topological polar surface area (TPSA) is 186 Å². The minimum absolute atomic E-state index is 0.0402. The van der Waals surface area contributed by atoms with Gasteiger partial charge in [0.15, 0.2) is 11.5 Å². The van der Waals surface area contributed by atoms with Crippen molar-refractivity contribution in [1.29, 1.82) is 0 Å². The second-order valence-electron chi connectivity index (χ2n) is 18.2. The highest BCUT2D eigenvalue weighted by atomic mass is 32.2. The number of imide groups is 2. The molecule has 5 aromatic rings. The van der Waals surface area contributed by atoms with E-state index in [4.69, 9.17) is 14.2 Å². The smallest absolute Gasteiger partial charge is 0.275 e. The molecule has 2 fully saturated rings. The molecule has 3 aliphatic rings. The highest BCUT2D eigenvalue weighted by Crippen LogP contribution is 2.38. The van der Waals surface area contributed by atoms with Crippen LogP contribution >= 0.6 is 0 Å². The van der Waals surface area contributed by atoms with Gasteiger partial charge < -0.3 is 19.1 Å². The number of nitrogens with one attached hydrogen (secondary N) is 1. The van der Waals surface area contributed by atoms with Gasteiger partial charge in [-0.1, -0.05) is 31.5 Å². The molecule has 5 heterocycles. The van der Waals surface area contributed by atoms with Crippen LogP contribution in [0.4, 0.5) is 14.6 Å². The molecule has 1 N–H and O–H groups in total. The third-order valence-corrected chi connectivity index (χ3v) is 12.8. The Balaban J connectivity index is 0.00000137. The Labute approximate surface area is 406 Å². The predicted octanol–water partition coefficient (Wildman–Crippen LogP) is 5.99. The van der Waals surface area contributed by atoms with E-state index in [9.17, 15) is 27.6 Å². The number of benzene rings is 3. The molecule has 2 saturated heterocycles. The molecule has 70 heavy (non-hydrogen) atoms. The quantitative estimate of drug-likeness (QED) is 0.0898. The number of likely N-dealkylation sites (tertiary alicyclic amines) is 1. The minimum atomic E-state index is -2.96. The first kappa shape index (κ1) is 51.3. The zero-order chi connectivity index (χ0) is 50.5. The van der Waals surface area contributed by atoms with Crippen LogP contribution in [0.15, 0.2) is 72.9 Å². The van der Waals surface area contributed by atoms with Gasteiger partial charge in [0.25, 0.3) is 17.7 Å². The highest BCUT2D eigenvalue weighted by Gasteiger charge is 2.48. The molecule has 2 unspecified atom stereocenters. The van der Waals surface area contributed by atoms with E-state index in [0.29, 0.717) is 105 Å². The van der Waals surface area contributed by atoms with Crippen molar-refractivity contribution in [3.05, 3.63) is 101 Å². The second kappa shape index (κ2) is 21.2. The lowest BCUT2D eigenvalue weighted by Gasteiger charge is -2.46. The molecule has 20 heteroatoms. The summed E-state index contributed by atoms with van der Waals surface area (Å²) >= 11 is 0. The molecule has 0 radical (unpaired) electrons. The van der Waals surface area contributed by atoms with Gasteiger partial charge in [0, 0.05) is 76.5 Å². The van der Waals surface area contributed by atoms with Crippen LogP contribution in [0, 0.1) is 0 Å². The van der Waals surface area contributed by atoms with Crippen LogP contribution in [-0.2, 0) is 45.0 Å². The molecule has 17 nitrogen and oxygen atoms in total. The molecule has 3 aliphatic heterocycles. The molecule has 2 atom stereocenters. The fourth-order valence-corrected chi connectivity index (χ4v) is 9.51. The highest BCUT2D eigenvalue weighted by molar-refractivity contribution is 7.89. The Morgan fingerprint density at radius 2 is 1.60 bits per heavy atom. The molecule has 0 aliphatic carbocycles. The Kier molecular flexibility index (Phi) is 15.6. The number of piperazine rings is 1. The van der Waals surface area contributed by atoms with Crippen LogP contribution in [0.2, 0.25) is 0 Å². The molecular formula is C50H60F2N8O9S. The number of pyridine rings is 1. The van der Waals surface area contributed by atoms with Crippen LogP contribution in [0.5, 0.6) is 23.0 Å². The number of hydrogen-bond acceptors (Lipinski definition) is 14. The summed E-state index contributed by atoms with van der Waals surface area (Å²) in [4.78, 5) is 62.7. The minimum Gasteiger partial charge on any atom is -0.493 e. The Hall–Kier alpha value is -6.51. The molecule has 4 amide bonds. The second-order valence-corrected chi connectivity index (χ2v) is 20.5. The summed E-state index contributed by atoms with van der Waals surface area (Å²) in [6.07, 6.45) is 5.75. The van der Waals surface area contributed by atoms with Crippen molar-refractivity contribution in [2.24, 2.45) is 7.05 Å². The van der Waals surface area contributed by atoms with Crippen LogP contribution in [0.25, 0.3) is 10.9 Å². The predicted molar refractivity (Wildman–Crippen MR) is 259 cm³/mol. The van der Waals surface area contributed by atoms with E-state index in [1.165, 1.54) is 11.1 Å². The zero-order valence-corrected chi connectivity index (χ0v) is 41.4. The number of halogens is 2. The van der Waals surface area contributed by atoms with Crippen LogP contribution in [0.1, 0.15) is 77.6 Å². The first-order valence-corrected chi connectivity index (χ1v) is 25.5. The monoisotopic (exact) mass is 986 g/mol. The number of sulfone groups is 1. The largest absolute Gasteiger partial charge is 0.493 e. The molecule has 0 spiro atoms. The van der Waals surface area contributed by atoms with Crippen molar-refractivity contribution in [1.82, 2.24) is 34.8 Å². The SMILES string of the molecule is CCCC(C)(C(=O)NC=O)c1nn(C)c2cc(Oc3ccc(CN4CCC(N5CCN(c6nccc7c6C(=O)N(Cc6ccc(OC)c(OCC)c6)C7=O)CC5)C(F)(F)C4)cc3)ccc12.CS(C)(=O)=O. The number of fused-ring (bicyclic) bond motifs is 2. The summed E-state index contributed by atoms with van der Waals surface area (Å²) in [7, 11) is 0.672. The number of carbonyl (C=O) groups is 4. The number of alkyl halides is 2. The normalized spacial score (nSPS) is 18.2. The van der Waals surface area contributed by atoms with Crippen molar-refractivity contribution in [3.63, 3.8) is 0 Å². The van der Waals surface area contributed by atoms with E-state index in [-0.39, 0.29) is 24.2 Å². The van der Waals surface area contributed by atoms with E-state index < -0.39 is 44.9 Å². The van der Waals surface area contributed by atoms with Crippen LogP contribution < -0.4 is 24.4 Å². The molecular weight excluding hydrogens is 927 g/mol. The summed E-state index contributed by atoms with van der Waals surface area (Å²) in [5, 5.41) is 7.77. The van der Waals surface area contributed by atoms with E-state index >= 15 is 8.78 Å². The van der Waals surface area contributed by atoms with E-state index in [0.717, 1.165) is 35.4 Å². The molecule has 8 rings (SSSR count). The van der Waals surface area contributed by atoms with Gasteiger partial charge in [-0.25, -0.2) is 22.2 Å². The van der Waals surface area contributed by atoms with E-state index in [1.54, 1.807) is 54.9 Å². The summed E-state index contributed by atoms with van der Waals surface area (Å²) in [6.45, 7) is 8.04. The Bertz CT molecular complexity index is 2850. The third-order valence-electron chi connectivity index (χ3n) is 12.8. The summed E-state index contributed by atoms with van der Waals surface area (Å²) in [6, 6.07) is 18.8. The number of methoxy groups -OCH3 is 1. The van der Waals surface area contributed by atoms with Gasteiger partial charge in [-0.05, 0) is 80.3 Å². The maximum atomic E-state index is 16.0. The third kappa shape index (κ3) is 11.2. The van der Waals surface area contributed by atoms with Gasteiger partial charge >= 0.3 is 0 Å². The number of ether oxygens (including phenoxy) is 3. The number of piperidine rings is 1. The van der Waals surface area contributed by atoms with Crippen molar-refractivity contribution < 1.29 is 50.6 Å². The van der Waals surface area contributed by atoms with Crippen LogP contribution in [0.3, 0.4) is 0 Å². The lowest BCUT2D eigenvalue weighted by molar-refractivity contribution is -0.130. The standard InChI is InChI=1S/C48H54F2N8O7.C2H6O2S/c1-6-18-47(3,46(62)52-30-59)42-35-14-13-34(26-37(35)54(4)53-42)65-33-11-8-31(9-12-33)27-55-20-17-40(48(49,50)29-55)56-21-23-57(24-22-56)43-41-36(16-19-51-43)44(60)58(45(41)61)28-32-10-15-38(63-5)39(25-32)64-7-2;1-5(2,3)4/h8-16,19,25-26,30,40H,6-7,17-18,20-24,27-29H2,1-5H3,(H,52,59,62);1-2H3. The Morgan fingerprint density at radius 3 is 2.24 bits per heavy atom.